The number of carbonyl (C=O) groups is 1. The molecular weight excluding hydrogens is 348 g/mol. The van der Waals surface area contributed by atoms with E-state index in [4.69, 9.17) is 4.42 Å². The minimum absolute atomic E-state index is 0.00945. The second-order valence-electron chi connectivity index (χ2n) is 4.86. The molecule has 0 saturated heterocycles. The zero-order valence-electron chi connectivity index (χ0n) is 12.4. The van der Waals surface area contributed by atoms with Crippen molar-refractivity contribution in [2.75, 3.05) is 0 Å². The van der Waals surface area contributed by atoms with Crippen molar-refractivity contribution in [3.8, 4) is 5.75 Å². The van der Waals surface area contributed by atoms with Gasteiger partial charge in [0.1, 0.15) is 16.2 Å². The lowest BCUT2D eigenvalue weighted by atomic mass is 10.1. The Bertz CT molecular complexity index is 978. The van der Waals surface area contributed by atoms with E-state index in [1.54, 1.807) is 24.3 Å². The number of aliphatic carboxylic acids is 1. The van der Waals surface area contributed by atoms with E-state index < -0.39 is 10.9 Å². The Morgan fingerprint density at radius 1 is 1.28 bits per heavy atom. The topological polar surface area (TPSA) is 127 Å². The third-order valence-corrected chi connectivity index (χ3v) is 4.05. The summed E-state index contributed by atoms with van der Waals surface area (Å²) in [4.78, 5) is 25.6. The average molecular weight is 358 g/mol. The highest BCUT2D eigenvalue weighted by Crippen LogP contribution is 2.33. The molecule has 0 unspecified atom stereocenters. The molecule has 3 aromatic rings. The molecule has 0 bridgehead atoms. The van der Waals surface area contributed by atoms with Crippen LogP contribution in [0.1, 0.15) is 5.56 Å². The van der Waals surface area contributed by atoms with E-state index in [0.717, 1.165) is 36.0 Å². The van der Waals surface area contributed by atoms with Gasteiger partial charge in [-0.25, -0.2) is 9.78 Å². The van der Waals surface area contributed by atoms with Crippen molar-refractivity contribution in [3.63, 3.8) is 0 Å². The predicted octanol–water partition coefficient (Wildman–Crippen LogP) is 3.66. The normalized spacial score (nSPS) is 11.6. The van der Waals surface area contributed by atoms with Crippen LogP contribution in [0.4, 0.5) is 5.69 Å². The SMILES string of the molecule is O=C(O)/C(=C/c1cc([N+](=O)[O-])ccc1O)Sc1nc2ccccc2o1. The molecule has 0 aliphatic carbocycles. The van der Waals surface area contributed by atoms with Crippen LogP contribution in [0.3, 0.4) is 0 Å². The summed E-state index contributed by atoms with van der Waals surface area (Å²) >= 11 is 0.743. The van der Waals surface area contributed by atoms with E-state index in [9.17, 15) is 25.1 Å². The zero-order valence-corrected chi connectivity index (χ0v) is 13.3. The third kappa shape index (κ3) is 3.61. The summed E-state index contributed by atoms with van der Waals surface area (Å²) in [5, 5.41) is 30.1. The van der Waals surface area contributed by atoms with E-state index in [2.05, 4.69) is 4.98 Å². The molecule has 2 aromatic carbocycles. The van der Waals surface area contributed by atoms with Crippen LogP contribution in [-0.2, 0) is 4.79 Å². The third-order valence-electron chi connectivity index (χ3n) is 3.19. The second kappa shape index (κ2) is 6.65. The van der Waals surface area contributed by atoms with Crippen LogP contribution in [-0.4, -0.2) is 26.1 Å². The number of hydrogen-bond acceptors (Lipinski definition) is 7. The summed E-state index contributed by atoms with van der Waals surface area (Å²) < 4.78 is 5.46. The standard InChI is InChI=1S/C16H10N2O6S/c19-12-6-5-10(18(22)23)7-9(12)8-14(15(20)21)25-16-17-11-3-1-2-4-13(11)24-16/h1-8,19H,(H,20,21)/b14-8-. The maximum Gasteiger partial charge on any atom is 0.342 e. The number of carboxylic acid groups (broad SMARTS) is 1. The van der Waals surface area contributed by atoms with Crippen molar-refractivity contribution in [1.29, 1.82) is 0 Å². The van der Waals surface area contributed by atoms with Gasteiger partial charge in [0.2, 0.25) is 0 Å². The summed E-state index contributed by atoms with van der Waals surface area (Å²) in [7, 11) is 0. The number of nitro groups is 1. The minimum atomic E-state index is -1.28. The number of fused-ring (bicyclic) bond motifs is 1. The highest BCUT2D eigenvalue weighted by Gasteiger charge is 2.17. The number of hydrogen-bond donors (Lipinski definition) is 2. The fourth-order valence-electron chi connectivity index (χ4n) is 2.04. The number of carboxylic acids is 1. The number of non-ortho nitro benzene ring substituents is 1. The van der Waals surface area contributed by atoms with Crippen molar-refractivity contribution >= 4 is 40.6 Å². The van der Waals surface area contributed by atoms with Gasteiger partial charge in [0.05, 0.1) is 4.92 Å². The lowest BCUT2D eigenvalue weighted by Gasteiger charge is -2.02. The number of rotatable bonds is 5. The zero-order chi connectivity index (χ0) is 18.0. The Balaban J connectivity index is 1.98. The molecule has 0 aliphatic rings. The molecule has 3 rings (SSSR count). The molecule has 126 valence electrons. The van der Waals surface area contributed by atoms with Gasteiger partial charge in [0.25, 0.3) is 10.9 Å². The summed E-state index contributed by atoms with van der Waals surface area (Å²) in [6.45, 7) is 0. The smallest absolute Gasteiger partial charge is 0.342 e. The van der Waals surface area contributed by atoms with Gasteiger partial charge in [-0.1, -0.05) is 12.1 Å². The molecule has 1 aromatic heterocycles. The lowest BCUT2D eigenvalue weighted by molar-refractivity contribution is -0.384. The van der Waals surface area contributed by atoms with Crippen molar-refractivity contribution < 1.29 is 24.3 Å². The highest BCUT2D eigenvalue weighted by atomic mass is 32.2. The van der Waals surface area contributed by atoms with E-state index in [1.165, 1.54) is 0 Å². The number of oxazole rings is 1. The minimum Gasteiger partial charge on any atom is -0.507 e. The average Bonchev–Trinajstić information content (AvgIpc) is 2.98. The van der Waals surface area contributed by atoms with Gasteiger partial charge in [0, 0.05) is 17.7 Å². The molecule has 1 heterocycles. The summed E-state index contributed by atoms with van der Waals surface area (Å²) in [5.74, 6) is -1.55. The molecule has 25 heavy (non-hydrogen) atoms. The Morgan fingerprint density at radius 2 is 2.04 bits per heavy atom. The Labute approximate surface area is 144 Å². The van der Waals surface area contributed by atoms with Gasteiger partial charge in [-0.3, -0.25) is 10.1 Å². The molecule has 0 atom stereocenters. The molecule has 0 amide bonds. The first-order valence-electron chi connectivity index (χ1n) is 6.90. The molecule has 2 N–H and O–H groups in total. The number of phenols is 1. The monoisotopic (exact) mass is 358 g/mol. The number of aromatic hydroxyl groups is 1. The van der Waals surface area contributed by atoms with Crippen molar-refractivity contribution in [2.45, 2.75) is 5.22 Å². The van der Waals surface area contributed by atoms with Gasteiger partial charge in [-0.05, 0) is 36.0 Å². The van der Waals surface area contributed by atoms with Crippen LogP contribution in [0.25, 0.3) is 17.2 Å². The number of nitro benzene ring substituents is 1. The van der Waals surface area contributed by atoms with Crippen LogP contribution >= 0.6 is 11.8 Å². The summed E-state index contributed by atoms with van der Waals surface area (Å²) in [6, 6.07) is 10.3. The largest absolute Gasteiger partial charge is 0.507 e. The summed E-state index contributed by atoms with van der Waals surface area (Å²) in [5.41, 5.74) is 0.830. The van der Waals surface area contributed by atoms with Gasteiger partial charge >= 0.3 is 5.97 Å². The number of para-hydroxylation sites is 2. The van der Waals surface area contributed by atoms with Crippen molar-refractivity contribution in [2.24, 2.45) is 0 Å². The molecule has 0 spiro atoms. The molecule has 0 saturated carbocycles. The summed E-state index contributed by atoms with van der Waals surface area (Å²) in [6.07, 6.45) is 1.13. The fourth-order valence-corrected chi connectivity index (χ4v) is 2.77. The van der Waals surface area contributed by atoms with Gasteiger partial charge in [0.15, 0.2) is 5.58 Å². The van der Waals surface area contributed by atoms with Crippen LogP contribution in [0.5, 0.6) is 5.75 Å². The van der Waals surface area contributed by atoms with Gasteiger partial charge in [-0.15, -0.1) is 0 Å². The molecule has 8 nitrogen and oxygen atoms in total. The maximum absolute atomic E-state index is 11.5. The molecule has 0 aliphatic heterocycles. The first-order valence-corrected chi connectivity index (χ1v) is 7.71. The van der Waals surface area contributed by atoms with E-state index in [-0.39, 0.29) is 27.1 Å². The molecular formula is C16H10N2O6S. The van der Waals surface area contributed by atoms with Crippen LogP contribution in [0, 0.1) is 10.1 Å². The van der Waals surface area contributed by atoms with E-state index in [1.807, 2.05) is 0 Å². The number of nitrogens with zero attached hydrogens (tertiary/aromatic N) is 2. The maximum atomic E-state index is 11.5. The first-order chi connectivity index (χ1) is 11.9. The van der Waals surface area contributed by atoms with Crippen molar-refractivity contribution in [1.82, 2.24) is 4.98 Å². The van der Waals surface area contributed by atoms with E-state index in [0.29, 0.717) is 11.1 Å². The van der Waals surface area contributed by atoms with Crippen LogP contribution in [0.15, 0.2) is 57.0 Å². The van der Waals surface area contributed by atoms with E-state index >= 15 is 0 Å². The fraction of sp³-hybridized carbons (Fsp3) is 0. The number of aromatic nitrogens is 1. The Hall–Kier alpha value is -3.33. The van der Waals surface area contributed by atoms with Crippen LogP contribution in [0.2, 0.25) is 0 Å². The quantitative estimate of drug-likeness (QED) is 0.306. The number of phenolic OH excluding ortho intramolecular Hbond substituents is 1. The van der Waals surface area contributed by atoms with Crippen LogP contribution < -0.4 is 0 Å². The number of benzene rings is 2. The Kier molecular flexibility index (Phi) is 4.40. The second-order valence-corrected chi connectivity index (χ2v) is 5.86. The highest BCUT2D eigenvalue weighted by molar-refractivity contribution is 8.03. The number of thioether (sulfide) groups is 1. The van der Waals surface area contributed by atoms with Gasteiger partial charge in [-0.2, -0.15) is 0 Å². The predicted molar refractivity (Wildman–Crippen MR) is 90.2 cm³/mol. The van der Waals surface area contributed by atoms with Gasteiger partial charge < -0.3 is 14.6 Å². The molecule has 0 radical (unpaired) electrons. The Morgan fingerprint density at radius 3 is 2.72 bits per heavy atom. The molecule has 0 fully saturated rings. The van der Waals surface area contributed by atoms with Crippen molar-refractivity contribution in [3.05, 3.63) is 63.0 Å². The first kappa shape index (κ1) is 16.5. The lowest BCUT2D eigenvalue weighted by Crippen LogP contribution is -1.97. The molecule has 9 heteroatoms.